The summed E-state index contributed by atoms with van der Waals surface area (Å²) < 4.78 is 0. The molecule has 4 aliphatic carbocycles. The third-order valence-electron chi connectivity index (χ3n) is 8.86. The van der Waals surface area contributed by atoms with E-state index in [0.29, 0.717) is 30.1 Å². The maximum atomic E-state index is 12.1. The van der Waals surface area contributed by atoms with E-state index in [9.17, 15) is 14.7 Å². The van der Waals surface area contributed by atoms with Crippen LogP contribution in [0.1, 0.15) is 72.1 Å². The van der Waals surface area contributed by atoms with Gasteiger partial charge in [0.25, 0.3) is 0 Å². The minimum atomic E-state index is -0.166. The fourth-order valence-electron chi connectivity index (χ4n) is 7.40. The summed E-state index contributed by atoms with van der Waals surface area (Å²) in [7, 11) is 0. The summed E-state index contributed by atoms with van der Waals surface area (Å²) in [6.45, 7) is 6.21. The second-order valence-electron chi connectivity index (χ2n) is 9.88. The van der Waals surface area contributed by atoms with E-state index >= 15 is 0 Å². The number of hydrogen-bond donors (Lipinski definition) is 1. The van der Waals surface area contributed by atoms with Crippen molar-refractivity contribution < 1.29 is 14.7 Å². The number of carbonyl (C=O) groups excluding carboxylic acids is 2. The lowest BCUT2D eigenvalue weighted by Gasteiger charge is -2.58. The van der Waals surface area contributed by atoms with Gasteiger partial charge < -0.3 is 5.11 Å². The SMILES string of the molecule is CCC1C[C@H]2[C@@H]3CCC4=CC(=O)CC[C@]4(CSC(C)=O)[C@H]3CC[C@]2(C)[C@H]1O. The molecule has 1 N–H and O–H groups in total. The first kappa shape index (κ1) is 19.7. The monoisotopic (exact) mass is 390 g/mol. The molecule has 0 spiro atoms. The zero-order valence-corrected chi connectivity index (χ0v) is 17.8. The maximum absolute atomic E-state index is 12.1. The molecule has 0 saturated heterocycles. The van der Waals surface area contributed by atoms with Crippen LogP contribution in [-0.4, -0.2) is 27.9 Å². The molecule has 3 fully saturated rings. The normalized spacial score (nSPS) is 46.3. The van der Waals surface area contributed by atoms with Gasteiger partial charge in [-0.1, -0.05) is 37.6 Å². The van der Waals surface area contributed by atoms with Crippen molar-refractivity contribution in [2.24, 2.45) is 34.5 Å². The molecule has 0 aliphatic heterocycles. The lowest BCUT2D eigenvalue weighted by Crippen LogP contribution is -2.53. The molecule has 0 aromatic carbocycles. The summed E-state index contributed by atoms with van der Waals surface area (Å²) in [5, 5.41) is 11.2. The van der Waals surface area contributed by atoms with Crippen LogP contribution in [0.15, 0.2) is 11.6 Å². The smallest absolute Gasteiger partial charge is 0.185 e. The van der Waals surface area contributed by atoms with Gasteiger partial charge in [-0.05, 0) is 73.7 Å². The number of rotatable bonds is 3. The Morgan fingerprint density at radius 1 is 1.26 bits per heavy atom. The minimum Gasteiger partial charge on any atom is -0.392 e. The molecule has 0 aromatic heterocycles. The van der Waals surface area contributed by atoms with Gasteiger partial charge in [0.1, 0.15) is 0 Å². The molecule has 0 heterocycles. The van der Waals surface area contributed by atoms with E-state index in [2.05, 4.69) is 13.8 Å². The van der Waals surface area contributed by atoms with Gasteiger partial charge in [0.05, 0.1) is 6.10 Å². The summed E-state index contributed by atoms with van der Waals surface area (Å²) in [5.74, 6) is 3.34. The zero-order chi connectivity index (χ0) is 19.4. The highest BCUT2D eigenvalue weighted by Gasteiger charge is 2.61. The van der Waals surface area contributed by atoms with E-state index in [1.165, 1.54) is 17.3 Å². The quantitative estimate of drug-likeness (QED) is 0.754. The number of aliphatic hydroxyl groups is 1. The molecule has 1 unspecified atom stereocenters. The van der Waals surface area contributed by atoms with E-state index in [-0.39, 0.29) is 27.8 Å². The molecule has 3 saturated carbocycles. The Hall–Kier alpha value is -0.610. The van der Waals surface area contributed by atoms with E-state index in [1.54, 1.807) is 6.92 Å². The Balaban J connectivity index is 1.69. The van der Waals surface area contributed by atoms with Crippen LogP contribution in [0.3, 0.4) is 0 Å². The van der Waals surface area contributed by atoms with Crippen LogP contribution >= 0.6 is 11.8 Å². The number of ketones is 1. The lowest BCUT2D eigenvalue weighted by atomic mass is 9.47. The third-order valence-corrected chi connectivity index (χ3v) is 9.93. The van der Waals surface area contributed by atoms with E-state index in [4.69, 9.17) is 0 Å². The van der Waals surface area contributed by atoms with Crippen LogP contribution in [0.25, 0.3) is 0 Å². The highest BCUT2D eigenvalue weighted by Crippen LogP contribution is 2.66. The number of allylic oxidation sites excluding steroid dienone is 1. The second kappa shape index (κ2) is 7.02. The van der Waals surface area contributed by atoms with Gasteiger partial charge >= 0.3 is 0 Å². The average molecular weight is 391 g/mol. The fraction of sp³-hybridized carbons (Fsp3) is 0.826. The molecule has 0 bridgehead atoms. The molecule has 0 aromatic rings. The van der Waals surface area contributed by atoms with Crippen molar-refractivity contribution >= 4 is 22.7 Å². The third kappa shape index (κ3) is 2.97. The van der Waals surface area contributed by atoms with Gasteiger partial charge in [0, 0.05) is 24.5 Å². The summed E-state index contributed by atoms with van der Waals surface area (Å²) >= 11 is 1.46. The van der Waals surface area contributed by atoms with Crippen molar-refractivity contribution in [3.05, 3.63) is 11.6 Å². The first-order valence-electron chi connectivity index (χ1n) is 10.9. The maximum Gasteiger partial charge on any atom is 0.185 e. The standard InChI is InChI=1S/C23H34O3S/c1-4-15-11-20-18-6-5-16-12-17(25)7-10-23(16,13-27-14(2)24)19(18)8-9-22(20,3)21(15)26/h12,15,18-21,26H,4-11,13H2,1-3H3/t15?,18-,19+,20+,21+,22+,23-/m1/s1. The lowest BCUT2D eigenvalue weighted by molar-refractivity contribution is -0.117. The number of carbonyl (C=O) groups is 2. The minimum absolute atomic E-state index is 0.0315. The Morgan fingerprint density at radius 2 is 2.04 bits per heavy atom. The summed E-state index contributed by atoms with van der Waals surface area (Å²) in [6, 6.07) is 0. The Morgan fingerprint density at radius 3 is 2.74 bits per heavy atom. The van der Waals surface area contributed by atoms with Crippen LogP contribution < -0.4 is 0 Å². The molecule has 0 radical (unpaired) electrons. The molecule has 0 amide bonds. The average Bonchev–Trinajstić information content (AvgIpc) is 2.91. The highest BCUT2D eigenvalue weighted by molar-refractivity contribution is 8.13. The molecule has 7 atom stereocenters. The van der Waals surface area contributed by atoms with Crippen molar-refractivity contribution in [3.63, 3.8) is 0 Å². The van der Waals surface area contributed by atoms with Crippen molar-refractivity contribution in [3.8, 4) is 0 Å². The van der Waals surface area contributed by atoms with Crippen molar-refractivity contribution in [2.45, 2.75) is 78.2 Å². The van der Waals surface area contributed by atoms with Gasteiger partial charge in [-0.2, -0.15) is 0 Å². The first-order valence-corrected chi connectivity index (χ1v) is 11.9. The van der Waals surface area contributed by atoms with Crippen LogP contribution in [0.2, 0.25) is 0 Å². The van der Waals surface area contributed by atoms with E-state index in [1.807, 2.05) is 6.08 Å². The molecular weight excluding hydrogens is 356 g/mol. The number of aliphatic hydroxyl groups excluding tert-OH is 1. The zero-order valence-electron chi connectivity index (χ0n) is 17.0. The van der Waals surface area contributed by atoms with Crippen LogP contribution in [-0.2, 0) is 9.59 Å². The van der Waals surface area contributed by atoms with Gasteiger partial charge in [-0.3, -0.25) is 9.59 Å². The molecular formula is C23H34O3S. The van der Waals surface area contributed by atoms with Gasteiger partial charge in [0.2, 0.25) is 0 Å². The molecule has 4 rings (SSSR count). The topological polar surface area (TPSA) is 54.4 Å². The number of hydrogen-bond acceptors (Lipinski definition) is 4. The molecule has 150 valence electrons. The van der Waals surface area contributed by atoms with E-state index in [0.717, 1.165) is 50.7 Å². The van der Waals surface area contributed by atoms with E-state index < -0.39 is 0 Å². The highest BCUT2D eigenvalue weighted by atomic mass is 32.2. The van der Waals surface area contributed by atoms with Crippen LogP contribution in [0, 0.1) is 34.5 Å². The van der Waals surface area contributed by atoms with Gasteiger partial charge in [-0.15, -0.1) is 0 Å². The van der Waals surface area contributed by atoms with Crippen molar-refractivity contribution in [2.75, 3.05) is 5.75 Å². The van der Waals surface area contributed by atoms with Gasteiger partial charge in [-0.25, -0.2) is 0 Å². The summed E-state index contributed by atoms with van der Waals surface area (Å²) in [5.41, 5.74) is 1.43. The van der Waals surface area contributed by atoms with Gasteiger partial charge in [0.15, 0.2) is 10.9 Å². The number of thioether (sulfide) groups is 1. The Labute approximate surface area is 167 Å². The largest absolute Gasteiger partial charge is 0.392 e. The predicted molar refractivity (Wildman–Crippen MR) is 109 cm³/mol. The number of fused-ring (bicyclic) bond motifs is 5. The van der Waals surface area contributed by atoms with Crippen molar-refractivity contribution in [1.82, 2.24) is 0 Å². The summed E-state index contributed by atoms with van der Waals surface area (Å²) in [6.07, 6.45) is 9.92. The summed E-state index contributed by atoms with van der Waals surface area (Å²) in [4.78, 5) is 23.9. The Bertz CT molecular complexity index is 671. The molecule has 4 heteroatoms. The van der Waals surface area contributed by atoms with Crippen molar-refractivity contribution in [1.29, 1.82) is 0 Å². The molecule has 4 aliphatic rings. The predicted octanol–water partition coefficient (Wildman–Crippen LogP) is 4.78. The molecule has 3 nitrogen and oxygen atoms in total. The first-order chi connectivity index (χ1) is 12.8. The Kier molecular flexibility index (Phi) is 5.12. The van der Waals surface area contributed by atoms with Crippen LogP contribution in [0.4, 0.5) is 0 Å². The second-order valence-corrected chi connectivity index (χ2v) is 11.0. The fourth-order valence-corrected chi connectivity index (χ4v) is 8.41. The van der Waals surface area contributed by atoms with Crippen LogP contribution in [0.5, 0.6) is 0 Å². The molecule has 27 heavy (non-hydrogen) atoms.